The summed E-state index contributed by atoms with van der Waals surface area (Å²) in [5.74, 6) is 0.986. The molecule has 2 aromatic heterocycles. The van der Waals surface area contributed by atoms with Crippen LogP contribution in [0, 0.1) is 0 Å². The second kappa shape index (κ2) is 7.59. The van der Waals surface area contributed by atoms with Crippen molar-refractivity contribution in [2.24, 2.45) is 0 Å². The summed E-state index contributed by atoms with van der Waals surface area (Å²) in [5.41, 5.74) is -0.0592. The average molecular weight is 322 g/mol. The molecule has 0 saturated heterocycles. The normalized spacial score (nSPS) is 13.6. The number of nitrogens with one attached hydrogen (secondary N) is 1. The Morgan fingerprint density at radius 1 is 1.43 bits per heavy atom. The van der Waals surface area contributed by atoms with Gasteiger partial charge in [0.15, 0.2) is 0 Å². The van der Waals surface area contributed by atoms with Crippen LogP contribution in [0.4, 0.5) is 0 Å². The molecule has 2 N–H and O–H groups in total. The van der Waals surface area contributed by atoms with E-state index in [9.17, 15) is 9.90 Å². The third kappa shape index (κ3) is 5.15. The maximum Gasteiger partial charge on any atom is 0.230 e. The van der Waals surface area contributed by atoms with Crippen molar-refractivity contribution in [3.8, 4) is 0 Å². The number of hydrogen-bond acceptors (Lipinski definition) is 5. The molecule has 0 saturated carbocycles. The minimum absolute atomic E-state index is 0.0761. The Morgan fingerprint density at radius 2 is 2.29 bits per heavy atom. The van der Waals surface area contributed by atoms with Gasteiger partial charge in [-0.25, -0.2) is 0 Å². The molecular formula is C15H18N2O2S2. The van der Waals surface area contributed by atoms with E-state index in [2.05, 4.69) is 10.3 Å². The quantitative estimate of drug-likeness (QED) is 0.822. The van der Waals surface area contributed by atoms with Gasteiger partial charge >= 0.3 is 0 Å². The maximum atomic E-state index is 11.8. The van der Waals surface area contributed by atoms with Crippen LogP contribution in [0.15, 0.2) is 41.9 Å². The van der Waals surface area contributed by atoms with Crippen LogP contribution in [-0.4, -0.2) is 28.3 Å². The molecule has 0 spiro atoms. The van der Waals surface area contributed by atoms with Crippen molar-refractivity contribution < 1.29 is 9.90 Å². The highest BCUT2D eigenvalue weighted by Crippen LogP contribution is 2.24. The van der Waals surface area contributed by atoms with Crippen LogP contribution in [0.25, 0.3) is 0 Å². The number of aromatic nitrogens is 1. The van der Waals surface area contributed by atoms with Crippen LogP contribution < -0.4 is 5.32 Å². The first-order valence-corrected chi connectivity index (χ1v) is 8.62. The van der Waals surface area contributed by atoms with E-state index in [0.717, 1.165) is 10.6 Å². The second-order valence-corrected chi connectivity index (χ2v) is 6.78. The van der Waals surface area contributed by atoms with Gasteiger partial charge in [-0.2, -0.15) is 0 Å². The van der Waals surface area contributed by atoms with E-state index in [1.807, 2.05) is 35.7 Å². The second-order valence-electron chi connectivity index (χ2n) is 4.84. The summed E-state index contributed by atoms with van der Waals surface area (Å²) in [6, 6.07) is 9.49. The molecule has 21 heavy (non-hydrogen) atoms. The molecule has 0 bridgehead atoms. The van der Waals surface area contributed by atoms with Crippen molar-refractivity contribution in [1.82, 2.24) is 10.3 Å². The van der Waals surface area contributed by atoms with Crippen molar-refractivity contribution in [2.45, 2.75) is 18.3 Å². The van der Waals surface area contributed by atoms with Gasteiger partial charge in [0.2, 0.25) is 5.91 Å². The first kappa shape index (κ1) is 16.0. The van der Waals surface area contributed by atoms with Crippen LogP contribution in [0.2, 0.25) is 0 Å². The Labute approximate surface area is 132 Å². The Kier molecular flexibility index (Phi) is 5.78. The molecular weight excluding hydrogens is 304 g/mol. The largest absolute Gasteiger partial charge is 0.383 e. The number of thioether (sulfide) groups is 1. The molecule has 0 aliphatic carbocycles. The van der Waals surface area contributed by atoms with Gasteiger partial charge in [-0.15, -0.1) is 23.1 Å². The van der Waals surface area contributed by atoms with Gasteiger partial charge < -0.3 is 10.4 Å². The lowest BCUT2D eigenvalue weighted by atomic mass is 10.1. The van der Waals surface area contributed by atoms with Crippen molar-refractivity contribution in [1.29, 1.82) is 0 Å². The summed E-state index contributed by atoms with van der Waals surface area (Å²) in [4.78, 5) is 16.8. The summed E-state index contributed by atoms with van der Waals surface area (Å²) in [5, 5.41) is 15.0. The molecule has 6 heteroatoms. The highest BCUT2D eigenvalue weighted by Gasteiger charge is 2.24. The van der Waals surface area contributed by atoms with Gasteiger partial charge in [-0.3, -0.25) is 9.78 Å². The lowest BCUT2D eigenvalue weighted by molar-refractivity contribution is -0.119. The summed E-state index contributed by atoms with van der Waals surface area (Å²) < 4.78 is 0. The minimum Gasteiger partial charge on any atom is -0.383 e. The number of rotatable bonds is 7. The van der Waals surface area contributed by atoms with Crippen molar-refractivity contribution in [3.05, 3.63) is 52.5 Å². The molecule has 0 fully saturated rings. The zero-order valence-electron chi connectivity index (χ0n) is 11.8. The van der Waals surface area contributed by atoms with Crippen molar-refractivity contribution in [3.63, 3.8) is 0 Å². The van der Waals surface area contributed by atoms with Crippen LogP contribution in [-0.2, 0) is 16.1 Å². The minimum atomic E-state index is -1.02. The van der Waals surface area contributed by atoms with E-state index < -0.39 is 5.60 Å². The highest BCUT2D eigenvalue weighted by molar-refractivity contribution is 7.99. The molecule has 0 aliphatic heterocycles. The fraction of sp³-hybridized carbons (Fsp3) is 0.333. The van der Waals surface area contributed by atoms with Crippen molar-refractivity contribution >= 4 is 29.0 Å². The fourth-order valence-corrected chi connectivity index (χ4v) is 3.28. The topological polar surface area (TPSA) is 62.2 Å². The van der Waals surface area contributed by atoms with Gasteiger partial charge in [0.1, 0.15) is 5.60 Å². The lowest BCUT2D eigenvalue weighted by Gasteiger charge is -2.22. The number of hydrogen-bond donors (Lipinski definition) is 2. The lowest BCUT2D eigenvalue weighted by Crippen LogP contribution is -2.38. The summed E-state index contributed by atoms with van der Waals surface area (Å²) >= 11 is 2.99. The van der Waals surface area contributed by atoms with Gasteiger partial charge in [0.05, 0.1) is 18.0 Å². The van der Waals surface area contributed by atoms with Crippen LogP contribution in [0.5, 0.6) is 0 Å². The van der Waals surface area contributed by atoms with Gasteiger partial charge in [-0.05, 0) is 30.5 Å². The van der Waals surface area contributed by atoms with Gasteiger partial charge in [0.25, 0.3) is 0 Å². The average Bonchev–Trinajstić information content (AvgIpc) is 3.01. The Bertz CT molecular complexity index is 556. The Balaban J connectivity index is 1.70. The van der Waals surface area contributed by atoms with Crippen LogP contribution >= 0.6 is 23.1 Å². The molecule has 0 aromatic carbocycles. The number of amides is 1. The molecule has 0 radical (unpaired) electrons. The number of carbonyl (C=O) groups excluding carboxylic acids is 1. The number of aliphatic hydroxyl groups is 1. The van der Waals surface area contributed by atoms with E-state index in [-0.39, 0.29) is 12.5 Å². The molecule has 1 atom stereocenters. The molecule has 2 rings (SSSR count). The molecule has 112 valence electrons. The summed E-state index contributed by atoms with van der Waals surface area (Å²) in [6.45, 7) is 1.93. The summed E-state index contributed by atoms with van der Waals surface area (Å²) in [7, 11) is 0. The predicted octanol–water partition coefficient (Wildman–Crippen LogP) is 2.40. The number of thiophene rings is 1. The third-order valence-electron chi connectivity index (χ3n) is 2.89. The van der Waals surface area contributed by atoms with Crippen LogP contribution in [0.3, 0.4) is 0 Å². The van der Waals surface area contributed by atoms with E-state index >= 15 is 0 Å². The van der Waals surface area contributed by atoms with Gasteiger partial charge in [0, 0.05) is 16.8 Å². The first-order valence-electron chi connectivity index (χ1n) is 6.58. The molecule has 4 nitrogen and oxygen atoms in total. The third-order valence-corrected chi connectivity index (χ3v) is 4.98. The van der Waals surface area contributed by atoms with Gasteiger partial charge in [-0.1, -0.05) is 12.1 Å². The monoisotopic (exact) mass is 322 g/mol. The van der Waals surface area contributed by atoms with E-state index in [1.54, 1.807) is 13.1 Å². The number of carbonyl (C=O) groups is 1. The van der Waals surface area contributed by atoms with Crippen LogP contribution in [0.1, 0.15) is 17.5 Å². The maximum absolute atomic E-state index is 11.8. The molecule has 0 aliphatic rings. The molecule has 2 aromatic rings. The SMILES string of the molecule is CC(O)(CNC(=O)CSCc1ccccn1)c1cccs1. The molecule has 1 amide bonds. The number of pyridine rings is 1. The smallest absolute Gasteiger partial charge is 0.230 e. The van der Waals surface area contributed by atoms with E-state index in [4.69, 9.17) is 0 Å². The summed E-state index contributed by atoms with van der Waals surface area (Å²) in [6.07, 6.45) is 1.74. The molecule has 1 unspecified atom stereocenters. The number of nitrogens with zero attached hydrogens (tertiary/aromatic N) is 1. The van der Waals surface area contributed by atoms with E-state index in [1.165, 1.54) is 23.1 Å². The van der Waals surface area contributed by atoms with Crippen molar-refractivity contribution in [2.75, 3.05) is 12.3 Å². The predicted molar refractivity (Wildman–Crippen MR) is 87.3 cm³/mol. The Morgan fingerprint density at radius 3 is 2.95 bits per heavy atom. The molecule has 2 heterocycles. The standard InChI is InChI=1S/C15H18N2O2S2/c1-15(19,13-6-4-8-21-13)11-17-14(18)10-20-9-12-5-2-3-7-16-12/h2-8,19H,9-11H2,1H3,(H,17,18). The zero-order chi connectivity index (χ0) is 15.1. The highest BCUT2D eigenvalue weighted by atomic mass is 32.2. The zero-order valence-corrected chi connectivity index (χ0v) is 13.4. The Hall–Kier alpha value is -1.37. The first-order chi connectivity index (χ1) is 10.1. The van der Waals surface area contributed by atoms with E-state index in [0.29, 0.717) is 11.5 Å². The fourth-order valence-electron chi connectivity index (χ4n) is 1.73.